The zero-order valence-corrected chi connectivity index (χ0v) is 15.5. The summed E-state index contributed by atoms with van der Waals surface area (Å²) in [6, 6.07) is 10.3. The SMILES string of the molecule is N#C/N=C1/c2cc(C(F)(F)F)ccc2-c2cc3c(cc21)Cc1cc(C(F)(F)F)ccc1-3. The molecule has 3 aromatic carbocycles. The third-order valence-corrected chi connectivity index (χ3v) is 5.66. The molecule has 0 saturated heterocycles. The van der Waals surface area contributed by atoms with Gasteiger partial charge in [0.25, 0.3) is 0 Å². The van der Waals surface area contributed by atoms with Gasteiger partial charge in [0, 0.05) is 11.1 Å². The lowest BCUT2D eigenvalue weighted by Gasteiger charge is -2.09. The zero-order chi connectivity index (χ0) is 22.1. The topological polar surface area (TPSA) is 36.1 Å². The van der Waals surface area contributed by atoms with Crippen LogP contribution >= 0.6 is 0 Å². The number of nitriles is 1. The first-order valence-electron chi connectivity index (χ1n) is 9.14. The summed E-state index contributed by atoms with van der Waals surface area (Å²) in [4.78, 5) is 3.76. The summed E-state index contributed by atoms with van der Waals surface area (Å²) < 4.78 is 78.8. The second-order valence-corrected chi connectivity index (χ2v) is 7.42. The highest BCUT2D eigenvalue weighted by Crippen LogP contribution is 2.47. The maximum Gasteiger partial charge on any atom is 0.416 e. The van der Waals surface area contributed by atoms with Crippen molar-refractivity contribution < 1.29 is 26.3 Å². The average Bonchev–Trinajstić information content (AvgIpc) is 3.20. The predicted octanol–water partition coefficient (Wildman–Crippen LogP) is 6.59. The van der Waals surface area contributed by atoms with Crippen molar-refractivity contribution in [1.29, 1.82) is 5.26 Å². The van der Waals surface area contributed by atoms with Gasteiger partial charge >= 0.3 is 12.4 Å². The highest BCUT2D eigenvalue weighted by atomic mass is 19.4. The van der Waals surface area contributed by atoms with E-state index in [4.69, 9.17) is 5.26 Å². The highest BCUT2D eigenvalue weighted by molar-refractivity contribution is 6.25. The van der Waals surface area contributed by atoms with Crippen LogP contribution in [0.3, 0.4) is 0 Å². The van der Waals surface area contributed by atoms with Gasteiger partial charge in [-0.25, -0.2) is 0 Å². The largest absolute Gasteiger partial charge is 0.416 e. The van der Waals surface area contributed by atoms with Crippen LogP contribution in [0.5, 0.6) is 0 Å². The molecule has 0 fully saturated rings. The summed E-state index contributed by atoms with van der Waals surface area (Å²) in [7, 11) is 0. The molecule has 0 aliphatic heterocycles. The maximum absolute atomic E-state index is 13.2. The fourth-order valence-electron chi connectivity index (χ4n) is 4.31. The minimum Gasteiger partial charge on any atom is -0.172 e. The van der Waals surface area contributed by atoms with Crippen LogP contribution in [0, 0.1) is 11.5 Å². The molecule has 0 N–H and O–H groups in total. The smallest absolute Gasteiger partial charge is 0.172 e. The van der Waals surface area contributed by atoms with Crippen LogP contribution in [0.2, 0.25) is 0 Å². The maximum atomic E-state index is 13.2. The van der Waals surface area contributed by atoms with E-state index in [2.05, 4.69) is 4.99 Å². The zero-order valence-electron chi connectivity index (χ0n) is 15.5. The number of alkyl halides is 6. The van der Waals surface area contributed by atoms with E-state index in [1.807, 2.05) is 0 Å². The number of hydrogen-bond acceptors (Lipinski definition) is 2. The highest BCUT2D eigenvalue weighted by Gasteiger charge is 2.36. The second-order valence-electron chi connectivity index (χ2n) is 7.42. The standard InChI is InChI=1S/C23H10F6N2/c24-22(25,26)13-1-3-15-11(6-13)5-12-7-19-18(9-17(12)15)16-4-2-14(23(27,28)29)8-20(16)21(19)31-10-30/h1-4,6-9H,5H2/b31-21+. The molecule has 2 aliphatic carbocycles. The molecule has 0 unspecified atom stereocenters. The van der Waals surface area contributed by atoms with E-state index >= 15 is 0 Å². The van der Waals surface area contributed by atoms with E-state index in [1.54, 1.807) is 18.3 Å². The molecule has 2 aliphatic rings. The van der Waals surface area contributed by atoms with Crippen molar-refractivity contribution in [2.24, 2.45) is 4.99 Å². The monoisotopic (exact) mass is 428 g/mol. The van der Waals surface area contributed by atoms with Crippen molar-refractivity contribution in [3.63, 3.8) is 0 Å². The molecule has 0 spiro atoms. The normalized spacial score (nSPS) is 15.3. The lowest BCUT2D eigenvalue weighted by atomic mass is 9.97. The Hall–Kier alpha value is -3.60. The fourth-order valence-corrected chi connectivity index (χ4v) is 4.31. The summed E-state index contributed by atoms with van der Waals surface area (Å²) in [6.45, 7) is 0. The van der Waals surface area contributed by atoms with Crippen LogP contribution in [-0.2, 0) is 18.8 Å². The molecule has 0 radical (unpaired) electrons. The Labute approximate surface area is 172 Å². The van der Waals surface area contributed by atoms with Gasteiger partial charge in [0.2, 0.25) is 6.19 Å². The minimum atomic E-state index is -4.54. The summed E-state index contributed by atoms with van der Waals surface area (Å²) in [5.41, 5.74) is 3.02. The summed E-state index contributed by atoms with van der Waals surface area (Å²) >= 11 is 0. The molecule has 2 nitrogen and oxygen atoms in total. The Balaban J connectivity index is 1.69. The molecule has 0 aromatic heterocycles. The Bertz CT molecular complexity index is 1340. The van der Waals surface area contributed by atoms with Gasteiger partial charge in [-0.05, 0) is 76.2 Å². The molecule has 31 heavy (non-hydrogen) atoms. The average molecular weight is 428 g/mol. The van der Waals surface area contributed by atoms with Crippen molar-refractivity contribution >= 4 is 5.71 Å². The van der Waals surface area contributed by atoms with E-state index in [0.717, 1.165) is 35.4 Å². The predicted molar refractivity (Wildman–Crippen MR) is 101 cm³/mol. The van der Waals surface area contributed by atoms with Crippen molar-refractivity contribution in [2.45, 2.75) is 18.8 Å². The molecule has 5 rings (SSSR count). The third-order valence-electron chi connectivity index (χ3n) is 5.66. The van der Waals surface area contributed by atoms with Crippen molar-refractivity contribution in [1.82, 2.24) is 0 Å². The molecule has 0 saturated carbocycles. The Morgan fingerprint density at radius 2 is 1.23 bits per heavy atom. The van der Waals surface area contributed by atoms with Gasteiger partial charge in [-0.1, -0.05) is 12.1 Å². The van der Waals surface area contributed by atoms with Gasteiger partial charge in [0.1, 0.15) is 0 Å². The molecule has 0 heterocycles. The number of nitrogens with zero attached hydrogens (tertiary/aromatic N) is 2. The van der Waals surface area contributed by atoms with Crippen molar-refractivity contribution in [3.05, 3.63) is 81.9 Å². The number of aliphatic imine (C=N–C) groups is 1. The summed E-state index contributed by atoms with van der Waals surface area (Å²) in [5, 5.41) is 9.08. The second kappa shape index (κ2) is 6.20. The first-order chi connectivity index (χ1) is 14.6. The summed E-state index contributed by atoms with van der Waals surface area (Å²) in [6.07, 6.45) is -7.10. The van der Waals surface area contributed by atoms with Crippen LogP contribution in [0.25, 0.3) is 22.3 Å². The lowest BCUT2D eigenvalue weighted by molar-refractivity contribution is -0.138. The number of fused-ring (bicyclic) bond motifs is 6. The van der Waals surface area contributed by atoms with Gasteiger partial charge in [-0.2, -0.15) is 36.6 Å². The van der Waals surface area contributed by atoms with Gasteiger partial charge < -0.3 is 0 Å². The molecule has 0 bridgehead atoms. The number of benzene rings is 3. The van der Waals surface area contributed by atoms with E-state index in [0.29, 0.717) is 27.8 Å². The van der Waals surface area contributed by atoms with Gasteiger partial charge in [0.05, 0.1) is 16.8 Å². The number of hydrogen-bond donors (Lipinski definition) is 0. The van der Waals surface area contributed by atoms with E-state index in [1.165, 1.54) is 12.1 Å². The van der Waals surface area contributed by atoms with Gasteiger partial charge in [-0.15, -0.1) is 0 Å². The van der Waals surface area contributed by atoms with Gasteiger partial charge in [0.15, 0.2) is 0 Å². The molecule has 154 valence electrons. The fraction of sp³-hybridized carbons (Fsp3) is 0.130. The minimum absolute atomic E-state index is 0.133. The molecule has 8 heteroatoms. The van der Waals surface area contributed by atoms with Crippen LogP contribution in [-0.4, -0.2) is 5.71 Å². The Morgan fingerprint density at radius 3 is 1.87 bits per heavy atom. The van der Waals surface area contributed by atoms with E-state index < -0.39 is 23.5 Å². The van der Waals surface area contributed by atoms with Crippen molar-refractivity contribution in [2.75, 3.05) is 0 Å². The van der Waals surface area contributed by atoms with Gasteiger partial charge in [-0.3, -0.25) is 0 Å². The Morgan fingerprint density at radius 1 is 0.645 bits per heavy atom. The quantitative estimate of drug-likeness (QED) is 0.202. The Kier molecular flexibility index (Phi) is 3.88. The molecular weight excluding hydrogens is 418 g/mol. The van der Waals surface area contributed by atoms with E-state index in [9.17, 15) is 26.3 Å². The van der Waals surface area contributed by atoms with Crippen molar-refractivity contribution in [3.8, 4) is 28.4 Å². The molecular formula is C23H10F6N2. The van der Waals surface area contributed by atoms with Crippen LogP contribution in [0.4, 0.5) is 26.3 Å². The van der Waals surface area contributed by atoms with Crippen LogP contribution < -0.4 is 0 Å². The van der Waals surface area contributed by atoms with E-state index in [-0.39, 0.29) is 17.7 Å². The summed E-state index contributed by atoms with van der Waals surface area (Å²) in [5.74, 6) is 0. The lowest BCUT2D eigenvalue weighted by Crippen LogP contribution is -2.07. The first-order valence-corrected chi connectivity index (χ1v) is 9.14. The van der Waals surface area contributed by atoms with Crippen LogP contribution in [0.1, 0.15) is 33.4 Å². The molecule has 0 atom stereocenters. The number of halogens is 6. The number of rotatable bonds is 0. The van der Waals surface area contributed by atoms with Crippen LogP contribution in [0.15, 0.2) is 53.5 Å². The molecule has 3 aromatic rings. The molecule has 0 amide bonds. The third kappa shape index (κ3) is 2.92. The first kappa shape index (κ1) is 19.4.